The molecule has 0 aromatic heterocycles. The Bertz CT molecular complexity index is 1480. The van der Waals surface area contributed by atoms with Gasteiger partial charge in [0.2, 0.25) is 0 Å². The Kier molecular flexibility index (Phi) is 8.55. The first kappa shape index (κ1) is 27.4. The van der Waals surface area contributed by atoms with E-state index in [4.69, 9.17) is 0 Å². The molecule has 0 N–H and O–H groups in total. The van der Waals surface area contributed by atoms with Crippen molar-refractivity contribution in [1.82, 2.24) is 0 Å². The Morgan fingerprint density at radius 2 is 0.732 bits per heavy atom. The van der Waals surface area contributed by atoms with E-state index in [1.807, 2.05) is 71.0 Å². The number of anilines is 5. The second-order valence-electron chi connectivity index (χ2n) is 10.2. The lowest BCUT2D eigenvalue weighted by molar-refractivity contribution is 1.13. The zero-order valence-corrected chi connectivity index (χ0v) is 24.0. The van der Waals surface area contributed by atoms with Crippen LogP contribution in [0.3, 0.4) is 0 Å². The highest BCUT2D eigenvalue weighted by atomic mass is 15.1. The number of aliphatic imine (C=N–C) groups is 2. The molecule has 0 saturated heterocycles. The molecular weight excluding hydrogens is 502 g/mol. The predicted molar refractivity (Wildman–Crippen MR) is 177 cm³/mol. The average molecular weight is 538 g/mol. The van der Waals surface area contributed by atoms with Crippen LogP contribution in [0.25, 0.3) is 0 Å². The lowest BCUT2D eigenvalue weighted by Gasteiger charge is -2.25. The van der Waals surface area contributed by atoms with Crippen LogP contribution in [0.15, 0.2) is 137 Å². The molecule has 204 valence electrons. The molecule has 0 unspecified atom stereocenters. The summed E-state index contributed by atoms with van der Waals surface area (Å²) >= 11 is 0. The molecule has 0 radical (unpaired) electrons. The SMILES string of the molecule is CN(C)c1ccc(N=Cc2ccc(N(c3ccccc3)c3ccc(C=Nc4ccc(N(C)C)cc4)cc3)cc2)cc1. The maximum absolute atomic E-state index is 4.66. The van der Waals surface area contributed by atoms with E-state index in [1.54, 1.807) is 0 Å². The van der Waals surface area contributed by atoms with Gasteiger partial charge in [-0.25, -0.2) is 0 Å². The van der Waals surface area contributed by atoms with Gasteiger partial charge in [0.25, 0.3) is 0 Å². The first-order chi connectivity index (χ1) is 20.0. The van der Waals surface area contributed by atoms with E-state index in [-0.39, 0.29) is 0 Å². The number of nitrogens with zero attached hydrogens (tertiary/aromatic N) is 5. The van der Waals surface area contributed by atoms with Crippen LogP contribution >= 0.6 is 0 Å². The van der Waals surface area contributed by atoms with Crippen molar-refractivity contribution in [2.45, 2.75) is 0 Å². The van der Waals surface area contributed by atoms with Gasteiger partial charge < -0.3 is 14.7 Å². The summed E-state index contributed by atoms with van der Waals surface area (Å²) in [5, 5.41) is 0. The smallest absolute Gasteiger partial charge is 0.0631 e. The first-order valence-electron chi connectivity index (χ1n) is 13.6. The molecule has 0 atom stereocenters. The van der Waals surface area contributed by atoms with Gasteiger partial charge in [-0.2, -0.15) is 0 Å². The Hall–Kier alpha value is -5.16. The lowest BCUT2D eigenvalue weighted by Crippen LogP contribution is -2.09. The molecule has 0 saturated carbocycles. The zero-order chi connectivity index (χ0) is 28.6. The zero-order valence-electron chi connectivity index (χ0n) is 24.0. The van der Waals surface area contributed by atoms with E-state index < -0.39 is 0 Å². The normalized spacial score (nSPS) is 11.2. The largest absolute Gasteiger partial charge is 0.378 e. The fourth-order valence-corrected chi connectivity index (χ4v) is 4.42. The van der Waals surface area contributed by atoms with Crippen molar-refractivity contribution in [3.8, 4) is 0 Å². The molecule has 5 heteroatoms. The topological polar surface area (TPSA) is 34.4 Å². The van der Waals surface area contributed by atoms with Crippen LogP contribution in [0.2, 0.25) is 0 Å². The summed E-state index contributed by atoms with van der Waals surface area (Å²) in [4.78, 5) is 15.7. The van der Waals surface area contributed by atoms with Gasteiger partial charge in [-0.15, -0.1) is 0 Å². The van der Waals surface area contributed by atoms with Gasteiger partial charge in [-0.3, -0.25) is 9.98 Å². The van der Waals surface area contributed by atoms with Gasteiger partial charge in [0.15, 0.2) is 0 Å². The molecule has 5 rings (SSSR count). The summed E-state index contributed by atoms with van der Waals surface area (Å²) in [5.74, 6) is 0. The third-order valence-corrected chi connectivity index (χ3v) is 6.77. The summed E-state index contributed by atoms with van der Waals surface area (Å²) in [6.07, 6.45) is 3.81. The van der Waals surface area contributed by atoms with E-state index in [0.717, 1.165) is 50.9 Å². The van der Waals surface area contributed by atoms with Crippen LogP contribution in [0.1, 0.15) is 11.1 Å². The first-order valence-corrected chi connectivity index (χ1v) is 13.6. The van der Waals surface area contributed by atoms with Crippen LogP contribution in [0.5, 0.6) is 0 Å². The van der Waals surface area contributed by atoms with Crippen LogP contribution < -0.4 is 14.7 Å². The molecule has 0 spiro atoms. The van der Waals surface area contributed by atoms with Crippen LogP contribution in [0.4, 0.5) is 39.8 Å². The van der Waals surface area contributed by atoms with Gasteiger partial charge in [-0.05, 0) is 96.1 Å². The summed E-state index contributed by atoms with van der Waals surface area (Å²) in [7, 11) is 8.14. The Morgan fingerprint density at radius 3 is 1.10 bits per heavy atom. The fraction of sp³-hybridized carbons (Fsp3) is 0.111. The van der Waals surface area contributed by atoms with E-state index >= 15 is 0 Å². The van der Waals surface area contributed by atoms with Crippen molar-refractivity contribution in [3.63, 3.8) is 0 Å². The molecule has 5 nitrogen and oxygen atoms in total. The number of benzene rings is 5. The third kappa shape index (κ3) is 7.08. The summed E-state index contributed by atoms with van der Waals surface area (Å²) in [6, 6.07) is 43.8. The molecular formula is C36H35N5. The van der Waals surface area contributed by atoms with Crippen LogP contribution in [-0.2, 0) is 0 Å². The number of rotatable bonds is 9. The fourth-order valence-electron chi connectivity index (χ4n) is 4.42. The highest BCUT2D eigenvalue weighted by Gasteiger charge is 2.12. The summed E-state index contributed by atoms with van der Waals surface area (Å²) in [5.41, 5.74) is 9.51. The van der Waals surface area contributed by atoms with E-state index in [0.29, 0.717) is 0 Å². The second-order valence-corrected chi connectivity index (χ2v) is 10.2. The van der Waals surface area contributed by atoms with Gasteiger partial charge >= 0.3 is 0 Å². The quantitative estimate of drug-likeness (QED) is 0.176. The highest BCUT2D eigenvalue weighted by Crippen LogP contribution is 2.34. The van der Waals surface area contributed by atoms with E-state index in [9.17, 15) is 0 Å². The Balaban J connectivity index is 1.34. The van der Waals surface area contributed by atoms with Gasteiger partial charge in [0.05, 0.1) is 11.4 Å². The van der Waals surface area contributed by atoms with Crippen molar-refractivity contribution < 1.29 is 0 Å². The second kappa shape index (κ2) is 12.8. The standard InChI is InChI=1S/C36H35N5/c1-39(2)32-22-14-30(15-23-32)37-26-28-10-18-35(19-11-28)41(34-8-6-5-7-9-34)36-20-12-29(13-21-36)27-38-31-16-24-33(25-17-31)40(3)4/h5-27H,1-4H3. The third-order valence-electron chi connectivity index (χ3n) is 6.77. The molecule has 0 aliphatic rings. The molecule has 0 aliphatic heterocycles. The van der Waals surface area contributed by atoms with E-state index in [1.165, 1.54) is 0 Å². The van der Waals surface area contributed by atoms with Gasteiger partial charge in [-0.1, -0.05) is 42.5 Å². The molecule has 0 heterocycles. The average Bonchev–Trinajstić information content (AvgIpc) is 3.01. The Morgan fingerprint density at radius 1 is 0.390 bits per heavy atom. The number of hydrogen-bond acceptors (Lipinski definition) is 5. The number of hydrogen-bond donors (Lipinski definition) is 0. The number of para-hydroxylation sites is 1. The molecule has 5 aromatic rings. The van der Waals surface area contributed by atoms with Crippen molar-refractivity contribution >= 4 is 52.2 Å². The summed E-state index contributed by atoms with van der Waals surface area (Å²) < 4.78 is 0. The Labute approximate surface area is 243 Å². The van der Waals surface area contributed by atoms with Crippen molar-refractivity contribution in [2.75, 3.05) is 42.9 Å². The van der Waals surface area contributed by atoms with Gasteiger partial charge in [0.1, 0.15) is 0 Å². The monoisotopic (exact) mass is 537 g/mol. The van der Waals surface area contributed by atoms with Crippen molar-refractivity contribution in [2.24, 2.45) is 9.98 Å². The summed E-state index contributed by atoms with van der Waals surface area (Å²) in [6.45, 7) is 0. The molecule has 0 fully saturated rings. The highest BCUT2D eigenvalue weighted by molar-refractivity contribution is 5.86. The molecule has 41 heavy (non-hydrogen) atoms. The van der Waals surface area contributed by atoms with Crippen molar-refractivity contribution in [3.05, 3.63) is 139 Å². The van der Waals surface area contributed by atoms with Gasteiger partial charge in [0, 0.05) is 69.1 Å². The minimum atomic E-state index is 0.930. The maximum atomic E-state index is 4.66. The van der Waals surface area contributed by atoms with Crippen LogP contribution in [-0.4, -0.2) is 40.6 Å². The molecule has 0 bridgehead atoms. The van der Waals surface area contributed by atoms with E-state index in [2.05, 4.69) is 122 Å². The van der Waals surface area contributed by atoms with Crippen LogP contribution in [0, 0.1) is 0 Å². The predicted octanol–water partition coefficient (Wildman–Crippen LogP) is 8.79. The molecule has 0 amide bonds. The molecule has 5 aromatic carbocycles. The van der Waals surface area contributed by atoms with Crippen molar-refractivity contribution in [1.29, 1.82) is 0 Å². The lowest BCUT2D eigenvalue weighted by atomic mass is 10.1. The molecule has 0 aliphatic carbocycles. The minimum absolute atomic E-state index is 0.930. The minimum Gasteiger partial charge on any atom is -0.378 e. The maximum Gasteiger partial charge on any atom is 0.0631 e.